The fourth-order valence-corrected chi connectivity index (χ4v) is 3.01. The van der Waals surface area contributed by atoms with E-state index in [2.05, 4.69) is 17.5 Å². The molecule has 0 bridgehead atoms. The molecule has 3 heteroatoms. The van der Waals surface area contributed by atoms with Crippen LogP contribution in [0.5, 0.6) is 0 Å². The highest BCUT2D eigenvalue weighted by molar-refractivity contribution is 5.97. The van der Waals surface area contributed by atoms with Gasteiger partial charge in [0.05, 0.1) is 6.42 Å². The van der Waals surface area contributed by atoms with Gasteiger partial charge >= 0.3 is 0 Å². The highest BCUT2D eigenvalue weighted by atomic mass is 16.1. The van der Waals surface area contributed by atoms with Crippen molar-refractivity contribution in [3.05, 3.63) is 58.3 Å². The van der Waals surface area contributed by atoms with E-state index in [0.29, 0.717) is 12.8 Å². The highest BCUT2D eigenvalue weighted by Crippen LogP contribution is 2.18. The molecule has 1 aromatic carbocycles. The molecule has 1 aliphatic rings. The van der Waals surface area contributed by atoms with Gasteiger partial charge < -0.3 is 5.32 Å². The van der Waals surface area contributed by atoms with Crippen molar-refractivity contribution in [2.45, 2.75) is 59.3 Å². The summed E-state index contributed by atoms with van der Waals surface area (Å²) < 4.78 is 0. The van der Waals surface area contributed by atoms with Crippen molar-refractivity contribution in [2.75, 3.05) is 0 Å². The van der Waals surface area contributed by atoms with Crippen LogP contribution in [-0.4, -0.2) is 11.7 Å². The smallest absolute Gasteiger partial charge is 0.228 e. The molecule has 0 heterocycles. The van der Waals surface area contributed by atoms with Crippen LogP contribution in [-0.2, 0) is 17.6 Å². The van der Waals surface area contributed by atoms with Crippen molar-refractivity contribution in [1.82, 2.24) is 5.32 Å². The first-order valence-electron chi connectivity index (χ1n) is 8.87. The van der Waals surface area contributed by atoms with Gasteiger partial charge in [-0.05, 0) is 49.3 Å². The molecule has 1 aliphatic carbocycles. The van der Waals surface area contributed by atoms with Gasteiger partial charge in [-0.25, -0.2) is 0 Å². The number of ketones is 1. The Balaban J connectivity index is 2.07. The summed E-state index contributed by atoms with van der Waals surface area (Å²) in [5.41, 5.74) is 4.85. The van der Waals surface area contributed by atoms with Crippen LogP contribution in [0.15, 0.2) is 41.6 Å². The van der Waals surface area contributed by atoms with Crippen LogP contribution in [0.2, 0.25) is 0 Å². The molecule has 128 valence electrons. The largest absolute Gasteiger partial charge is 0.326 e. The summed E-state index contributed by atoms with van der Waals surface area (Å²) in [6.45, 7) is 6.08. The first-order chi connectivity index (χ1) is 11.5. The van der Waals surface area contributed by atoms with Crippen LogP contribution in [0.4, 0.5) is 0 Å². The van der Waals surface area contributed by atoms with Gasteiger partial charge in [0.1, 0.15) is 0 Å². The summed E-state index contributed by atoms with van der Waals surface area (Å²) in [7, 11) is 0. The summed E-state index contributed by atoms with van der Waals surface area (Å²) >= 11 is 0. The van der Waals surface area contributed by atoms with Crippen molar-refractivity contribution in [1.29, 1.82) is 0 Å². The van der Waals surface area contributed by atoms with Gasteiger partial charge in [-0.15, -0.1) is 0 Å². The average Bonchev–Trinajstić information content (AvgIpc) is 2.57. The van der Waals surface area contributed by atoms with E-state index in [4.69, 9.17) is 0 Å². The lowest BCUT2D eigenvalue weighted by Crippen LogP contribution is -2.25. The molecule has 0 saturated heterocycles. The number of allylic oxidation sites excluding steroid dienone is 3. The Hall–Kier alpha value is -2.16. The molecule has 0 fully saturated rings. The molecule has 2 rings (SSSR count). The zero-order valence-electron chi connectivity index (χ0n) is 14.9. The minimum absolute atomic E-state index is 0.00872. The number of hydrogen-bond acceptors (Lipinski definition) is 2. The van der Waals surface area contributed by atoms with Gasteiger partial charge in [0.15, 0.2) is 5.78 Å². The average molecular weight is 325 g/mol. The van der Waals surface area contributed by atoms with E-state index in [1.165, 1.54) is 0 Å². The number of hydrogen-bond donors (Lipinski definition) is 1. The van der Waals surface area contributed by atoms with Gasteiger partial charge in [-0.3, -0.25) is 9.59 Å². The van der Waals surface area contributed by atoms with Crippen LogP contribution in [0, 0.1) is 0 Å². The van der Waals surface area contributed by atoms with Crippen molar-refractivity contribution in [2.24, 2.45) is 0 Å². The molecule has 3 nitrogen and oxygen atoms in total. The van der Waals surface area contributed by atoms with Gasteiger partial charge in [0.2, 0.25) is 5.91 Å². The van der Waals surface area contributed by atoms with Gasteiger partial charge in [-0.1, -0.05) is 44.2 Å². The summed E-state index contributed by atoms with van der Waals surface area (Å²) in [5.74, 6) is 0.184. The maximum atomic E-state index is 12.3. The third kappa shape index (κ3) is 4.67. The third-order valence-electron chi connectivity index (χ3n) is 4.36. The lowest BCUT2D eigenvalue weighted by molar-refractivity contribution is -0.119. The molecule has 0 aliphatic heterocycles. The van der Waals surface area contributed by atoms with E-state index in [0.717, 1.165) is 53.6 Å². The monoisotopic (exact) mass is 325 g/mol. The summed E-state index contributed by atoms with van der Waals surface area (Å²) in [4.78, 5) is 24.5. The molecule has 0 aromatic heterocycles. The number of benzene rings is 1. The van der Waals surface area contributed by atoms with Gasteiger partial charge in [0, 0.05) is 17.7 Å². The molecule has 0 unspecified atom stereocenters. The topological polar surface area (TPSA) is 46.2 Å². The second-order valence-corrected chi connectivity index (χ2v) is 6.33. The molecule has 1 amide bonds. The Morgan fingerprint density at radius 1 is 1.12 bits per heavy atom. The van der Waals surface area contributed by atoms with Crippen molar-refractivity contribution in [3.63, 3.8) is 0 Å². The van der Waals surface area contributed by atoms with Crippen LogP contribution in [0.1, 0.15) is 67.9 Å². The number of nitrogens with one attached hydrogen (secondary N) is 1. The predicted octanol–water partition coefficient (Wildman–Crippen LogP) is 4.51. The zero-order valence-corrected chi connectivity index (χ0v) is 14.9. The lowest BCUT2D eigenvalue weighted by Gasteiger charge is -2.15. The van der Waals surface area contributed by atoms with E-state index in [-0.39, 0.29) is 11.7 Å². The number of carbonyl (C=O) groups is 2. The second kappa shape index (κ2) is 8.62. The Kier molecular flexibility index (Phi) is 6.53. The van der Waals surface area contributed by atoms with Crippen LogP contribution >= 0.6 is 0 Å². The molecule has 24 heavy (non-hydrogen) atoms. The van der Waals surface area contributed by atoms with E-state index in [9.17, 15) is 9.59 Å². The first-order valence-corrected chi connectivity index (χ1v) is 8.87. The number of carbonyl (C=O) groups excluding carboxylic acids is 2. The summed E-state index contributed by atoms with van der Waals surface area (Å²) in [5, 5.41) is 3.00. The Morgan fingerprint density at radius 3 is 2.54 bits per heavy atom. The molecular weight excluding hydrogens is 298 g/mol. The number of aryl methyl sites for hydroxylation is 1. The van der Waals surface area contributed by atoms with Crippen LogP contribution in [0.3, 0.4) is 0 Å². The van der Waals surface area contributed by atoms with Crippen molar-refractivity contribution >= 4 is 11.7 Å². The summed E-state index contributed by atoms with van der Waals surface area (Å²) in [6, 6.07) is 5.78. The molecule has 1 aromatic rings. The maximum absolute atomic E-state index is 12.3. The molecule has 0 radical (unpaired) electrons. The Bertz CT molecular complexity index is 683. The second-order valence-electron chi connectivity index (χ2n) is 6.33. The lowest BCUT2D eigenvalue weighted by atomic mass is 9.95. The molecule has 1 N–H and O–H groups in total. The van der Waals surface area contributed by atoms with E-state index >= 15 is 0 Å². The van der Waals surface area contributed by atoms with Gasteiger partial charge in [-0.2, -0.15) is 0 Å². The zero-order chi connectivity index (χ0) is 17.5. The standard InChI is InChI=1S/C21H27NO2/c1-4-8-20(23)18-12-11-16(13-17(18)5-2)14-21(24)22-19-10-7-6-9-15(19)3/h9-13H,4-8,14H2,1-3H3,(H,22,24). The molecule has 0 spiro atoms. The van der Waals surface area contributed by atoms with Crippen LogP contribution in [0.25, 0.3) is 0 Å². The van der Waals surface area contributed by atoms with E-state index in [1.54, 1.807) is 0 Å². The first kappa shape index (κ1) is 18.2. The number of amides is 1. The fourth-order valence-electron chi connectivity index (χ4n) is 3.01. The third-order valence-corrected chi connectivity index (χ3v) is 4.36. The quantitative estimate of drug-likeness (QED) is 0.750. The van der Waals surface area contributed by atoms with Crippen molar-refractivity contribution < 1.29 is 9.59 Å². The van der Waals surface area contributed by atoms with E-state index < -0.39 is 0 Å². The minimum Gasteiger partial charge on any atom is -0.326 e. The fraction of sp³-hybridized carbons (Fsp3) is 0.429. The van der Waals surface area contributed by atoms with E-state index in [1.807, 2.05) is 39.0 Å². The molecule has 0 saturated carbocycles. The van der Waals surface area contributed by atoms with Gasteiger partial charge in [0.25, 0.3) is 0 Å². The summed E-state index contributed by atoms with van der Waals surface area (Å²) in [6.07, 6.45) is 8.81. The normalized spacial score (nSPS) is 14.0. The highest BCUT2D eigenvalue weighted by Gasteiger charge is 2.13. The molecular formula is C21H27NO2. The maximum Gasteiger partial charge on any atom is 0.228 e. The minimum atomic E-state index is -0.00872. The molecule has 0 atom stereocenters. The predicted molar refractivity (Wildman–Crippen MR) is 98.0 cm³/mol. The number of rotatable bonds is 7. The van der Waals surface area contributed by atoms with Crippen molar-refractivity contribution in [3.8, 4) is 0 Å². The SMILES string of the molecule is CCCC(=O)c1ccc(CC(=O)NC2=CCCC=C2C)cc1CC. The van der Waals surface area contributed by atoms with Crippen LogP contribution < -0.4 is 5.32 Å². The number of Topliss-reactive ketones (excluding diaryl/α,β-unsaturated/α-hetero) is 1. The Morgan fingerprint density at radius 2 is 1.88 bits per heavy atom. The Labute approximate surface area is 144 Å².